The van der Waals surface area contributed by atoms with E-state index in [2.05, 4.69) is 19.2 Å². The van der Waals surface area contributed by atoms with Gasteiger partial charge in [-0.3, -0.25) is 4.79 Å². The zero-order valence-corrected chi connectivity index (χ0v) is 11.9. The van der Waals surface area contributed by atoms with E-state index in [0.29, 0.717) is 0 Å². The van der Waals surface area contributed by atoms with Gasteiger partial charge in [0.25, 0.3) is 0 Å². The number of hydrogen-bond donors (Lipinski definition) is 2. The second-order valence-electron chi connectivity index (χ2n) is 4.29. The van der Waals surface area contributed by atoms with Crippen LogP contribution in [0.5, 0.6) is 0 Å². The number of nitrogens with one attached hydrogen (secondary N) is 1. The normalized spacial score (nSPS) is 13.3. The quantitative estimate of drug-likeness (QED) is 0.835. The summed E-state index contributed by atoms with van der Waals surface area (Å²) in [5.41, 5.74) is 6.78. The molecule has 2 unspecified atom stereocenters. The summed E-state index contributed by atoms with van der Waals surface area (Å²) in [6.07, 6.45) is 3.02. The molecule has 1 aromatic rings. The lowest BCUT2D eigenvalue weighted by molar-refractivity contribution is -0.123. The van der Waals surface area contributed by atoms with Gasteiger partial charge in [0.1, 0.15) is 6.04 Å². The fourth-order valence-corrected chi connectivity index (χ4v) is 1.83. The van der Waals surface area contributed by atoms with Gasteiger partial charge in [-0.15, -0.1) is 12.4 Å². The van der Waals surface area contributed by atoms with E-state index >= 15 is 0 Å². The van der Waals surface area contributed by atoms with Crippen LogP contribution in [0.1, 0.15) is 44.7 Å². The van der Waals surface area contributed by atoms with Crippen LogP contribution < -0.4 is 11.1 Å². The van der Waals surface area contributed by atoms with Crippen molar-refractivity contribution in [3.63, 3.8) is 0 Å². The van der Waals surface area contributed by atoms with Gasteiger partial charge in [-0.25, -0.2) is 0 Å². The molecule has 0 bridgehead atoms. The molecule has 0 aromatic heterocycles. The van der Waals surface area contributed by atoms with E-state index in [0.717, 1.165) is 24.8 Å². The molecule has 0 saturated heterocycles. The van der Waals surface area contributed by atoms with Crippen LogP contribution in [0.15, 0.2) is 30.3 Å². The zero-order valence-electron chi connectivity index (χ0n) is 11.1. The number of benzene rings is 1. The molecule has 0 fully saturated rings. The van der Waals surface area contributed by atoms with Gasteiger partial charge in [0.15, 0.2) is 0 Å². The first-order valence-electron chi connectivity index (χ1n) is 6.29. The van der Waals surface area contributed by atoms with E-state index in [1.54, 1.807) is 0 Å². The van der Waals surface area contributed by atoms with Gasteiger partial charge in [0.05, 0.1) is 0 Å². The summed E-state index contributed by atoms with van der Waals surface area (Å²) in [5.74, 6) is -0.0866. The summed E-state index contributed by atoms with van der Waals surface area (Å²) in [4.78, 5) is 12.0. The van der Waals surface area contributed by atoms with Crippen molar-refractivity contribution in [2.45, 2.75) is 45.2 Å². The van der Waals surface area contributed by atoms with Gasteiger partial charge in [-0.2, -0.15) is 0 Å². The molecule has 0 saturated carbocycles. The minimum Gasteiger partial charge on any atom is -0.352 e. The highest BCUT2D eigenvalue weighted by Gasteiger charge is 2.17. The Morgan fingerprint density at radius 1 is 1.28 bits per heavy atom. The van der Waals surface area contributed by atoms with E-state index in [4.69, 9.17) is 5.73 Å². The molecule has 4 heteroatoms. The molecule has 3 N–H and O–H groups in total. The van der Waals surface area contributed by atoms with Gasteiger partial charge >= 0.3 is 0 Å². The van der Waals surface area contributed by atoms with Crippen LogP contribution in [0.3, 0.4) is 0 Å². The fourth-order valence-electron chi connectivity index (χ4n) is 1.83. The molecule has 1 aromatic carbocycles. The number of halogens is 1. The summed E-state index contributed by atoms with van der Waals surface area (Å²) < 4.78 is 0. The van der Waals surface area contributed by atoms with Crippen molar-refractivity contribution in [2.75, 3.05) is 0 Å². The van der Waals surface area contributed by atoms with Gasteiger partial charge in [-0.1, -0.05) is 50.6 Å². The van der Waals surface area contributed by atoms with Gasteiger partial charge in [0.2, 0.25) is 5.91 Å². The molecule has 0 aliphatic carbocycles. The average molecular weight is 271 g/mol. The van der Waals surface area contributed by atoms with E-state index in [-0.39, 0.29) is 24.4 Å². The van der Waals surface area contributed by atoms with Crippen molar-refractivity contribution in [3.8, 4) is 0 Å². The number of carbonyl (C=O) groups excluding carboxylic acids is 1. The highest BCUT2D eigenvalue weighted by atomic mass is 35.5. The van der Waals surface area contributed by atoms with E-state index in [1.807, 2.05) is 30.3 Å². The Bertz CT molecular complexity index is 343. The molecule has 102 valence electrons. The van der Waals surface area contributed by atoms with Crippen molar-refractivity contribution < 1.29 is 4.79 Å². The second kappa shape index (κ2) is 8.95. The first-order valence-corrected chi connectivity index (χ1v) is 6.29. The van der Waals surface area contributed by atoms with Crippen LogP contribution >= 0.6 is 12.4 Å². The summed E-state index contributed by atoms with van der Waals surface area (Å²) in [6, 6.07) is 9.14. The third-order valence-electron chi connectivity index (χ3n) is 2.92. The third kappa shape index (κ3) is 5.07. The smallest absolute Gasteiger partial charge is 0.241 e. The highest BCUT2D eigenvalue weighted by Crippen LogP contribution is 2.10. The molecular formula is C14H23ClN2O. The van der Waals surface area contributed by atoms with Crippen LogP contribution in [0.2, 0.25) is 0 Å². The molecular weight excluding hydrogens is 248 g/mol. The SMILES string of the molecule is CCCC(CC)NC(=O)C(N)c1ccccc1.Cl. The van der Waals surface area contributed by atoms with Crippen molar-refractivity contribution >= 4 is 18.3 Å². The first-order chi connectivity index (χ1) is 8.19. The summed E-state index contributed by atoms with van der Waals surface area (Å²) in [7, 11) is 0. The zero-order chi connectivity index (χ0) is 12.7. The monoisotopic (exact) mass is 270 g/mol. The van der Waals surface area contributed by atoms with E-state index < -0.39 is 6.04 Å². The summed E-state index contributed by atoms with van der Waals surface area (Å²) in [6.45, 7) is 4.20. The number of nitrogens with two attached hydrogens (primary N) is 1. The highest BCUT2D eigenvalue weighted by molar-refractivity contribution is 5.85. The maximum atomic E-state index is 12.0. The van der Waals surface area contributed by atoms with Gasteiger partial charge in [0, 0.05) is 6.04 Å². The molecule has 1 amide bonds. The van der Waals surface area contributed by atoms with E-state index in [1.165, 1.54) is 0 Å². The maximum Gasteiger partial charge on any atom is 0.241 e. The van der Waals surface area contributed by atoms with Gasteiger partial charge in [-0.05, 0) is 18.4 Å². The Morgan fingerprint density at radius 2 is 1.89 bits per heavy atom. The van der Waals surface area contributed by atoms with Crippen molar-refractivity contribution in [2.24, 2.45) is 5.73 Å². The summed E-state index contributed by atoms with van der Waals surface area (Å²) >= 11 is 0. The lowest BCUT2D eigenvalue weighted by atomic mass is 10.1. The molecule has 3 nitrogen and oxygen atoms in total. The fraction of sp³-hybridized carbons (Fsp3) is 0.500. The molecule has 0 radical (unpaired) electrons. The largest absolute Gasteiger partial charge is 0.352 e. The molecule has 0 aliphatic rings. The number of hydrogen-bond acceptors (Lipinski definition) is 2. The standard InChI is InChI=1S/C14H22N2O.ClH/c1-3-8-12(4-2)16-14(17)13(15)11-9-6-5-7-10-11;/h5-7,9-10,12-13H,3-4,8,15H2,1-2H3,(H,16,17);1H. The third-order valence-corrected chi connectivity index (χ3v) is 2.92. The Kier molecular flexibility index (Phi) is 8.42. The van der Waals surface area contributed by atoms with Gasteiger partial charge < -0.3 is 11.1 Å². The van der Waals surface area contributed by atoms with Crippen molar-refractivity contribution in [3.05, 3.63) is 35.9 Å². The Morgan fingerprint density at radius 3 is 2.39 bits per heavy atom. The molecule has 0 aliphatic heterocycles. The predicted molar refractivity (Wildman–Crippen MR) is 77.7 cm³/mol. The number of rotatable bonds is 6. The molecule has 1 rings (SSSR count). The lowest BCUT2D eigenvalue weighted by Gasteiger charge is -2.19. The molecule has 0 heterocycles. The van der Waals surface area contributed by atoms with Crippen LogP contribution in [0, 0.1) is 0 Å². The minimum absolute atomic E-state index is 0. The number of amides is 1. The first kappa shape index (κ1) is 16.9. The maximum absolute atomic E-state index is 12.0. The molecule has 2 atom stereocenters. The predicted octanol–water partition coefficient (Wildman–Crippen LogP) is 2.80. The van der Waals surface area contributed by atoms with Crippen LogP contribution in [-0.2, 0) is 4.79 Å². The lowest BCUT2D eigenvalue weighted by Crippen LogP contribution is -2.40. The van der Waals surface area contributed by atoms with Crippen molar-refractivity contribution in [1.82, 2.24) is 5.32 Å². The topological polar surface area (TPSA) is 55.1 Å². The Labute approximate surface area is 116 Å². The number of carbonyl (C=O) groups is 1. The average Bonchev–Trinajstić information content (AvgIpc) is 2.38. The molecule has 18 heavy (non-hydrogen) atoms. The van der Waals surface area contributed by atoms with Crippen LogP contribution in [0.4, 0.5) is 0 Å². The van der Waals surface area contributed by atoms with Crippen LogP contribution in [-0.4, -0.2) is 11.9 Å². The van der Waals surface area contributed by atoms with Crippen LogP contribution in [0.25, 0.3) is 0 Å². The minimum atomic E-state index is -0.567. The Hall–Kier alpha value is -1.06. The summed E-state index contributed by atoms with van der Waals surface area (Å²) in [5, 5.41) is 3.00. The van der Waals surface area contributed by atoms with E-state index in [9.17, 15) is 4.79 Å². The van der Waals surface area contributed by atoms with Crippen molar-refractivity contribution in [1.29, 1.82) is 0 Å². The Balaban J connectivity index is 0.00000289. The second-order valence-corrected chi connectivity index (χ2v) is 4.29. The molecule has 0 spiro atoms.